The molecular formula is C11H16N2O. The third kappa shape index (κ3) is 1.77. The standard InChI is InChI=1S/C11H16N2O/c1-6-4-5-9(8(3)7(6)2)10(12)11(13)14/h4-5,10H,12H2,1-3H3,(H2,13,14). The van der Waals surface area contributed by atoms with Crippen molar-refractivity contribution in [2.75, 3.05) is 0 Å². The smallest absolute Gasteiger partial charge is 0.238 e. The minimum absolute atomic E-state index is 0.489. The van der Waals surface area contributed by atoms with E-state index in [9.17, 15) is 4.79 Å². The summed E-state index contributed by atoms with van der Waals surface area (Å²) in [5.74, 6) is -0.489. The molecule has 0 aromatic heterocycles. The molecule has 0 saturated heterocycles. The molecule has 14 heavy (non-hydrogen) atoms. The zero-order chi connectivity index (χ0) is 10.9. The van der Waals surface area contributed by atoms with E-state index in [1.807, 2.05) is 32.9 Å². The molecule has 1 aromatic rings. The van der Waals surface area contributed by atoms with E-state index in [1.54, 1.807) is 0 Å². The monoisotopic (exact) mass is 192 g/mol. The van der Waals surface area contributed by atoms with Crippen LogP contribution in [-0.2, 0) is 4.79 Å². The van der Waals surface area contributed by atoms with Crippen molar-refractivity contribution in [3.63, 3.8) is 0 Å². The van der Waals surface area contributed by atoms with Crippen LogP contribution in [0.3, 0.4) is 0 Å². The molecular weight excluding hydrogens is 176 g/mol. The molecule has 1 rings (SSSR count). The normalized spacial score (nSPS) is 12.6. The van der Waals surface area contributed by atoms with Crippen molar-refractivity contribution in [3.8, 4) is 0 Å². The topological polar surface area (TPSA) is 69.1 Å². The largest absolute Gasteiger partial charge is 0.368 e. The van der Waals surface area contributed by atoms with Crippen molar-refractivity contribution in [1.29, 1.82) is 0 Å². The lowest BCUT2D eigenvalue weighted by atomic mass is 9.94. The number of hydrogen-bond donors (Lipinski definition) is 2. The summed E-state index contributed by atoms with van der Waals surface area (Å²) in [6.07, 6.45) is 0. The first kappa shape index (κ1) is 10.7. The second-order valence-electron chi connectivity index (χ2n) is 3.60. The molecule has 1 aromatic carbocycles. The fourth-order valence-corrected chi connectivity index (χ4v) is 1.47. The van der Waals surface area contributed by atoms with Crippen LogP contribution >= 0.6 is 0 Å². The Bertz CT molecular complexity index is 372. The first-order chi connectivity index (χ1) is 6.45. The number of carbonyl (C=O) groups excluding carboxylic acids is 1. The lowest BCUT2D eigenvalue weighted by molar-refractivity contribution is -0.119. The molecule has 0 aliphatic rings. The van der Waals surface area contributed by atoms with Gasteiger partial charge in [-0.2, -0.15) is 0 Å². The number of aryl methyl sites for hydroxylation is 1. The molecule has 1 amide bonds. The molecule has 0 saturated carbocycles. The zero-order valence-electron chi connectivity index (χ0n) is 8.79. The number of primary amides is 1. The van der Waals surface area contributed by atoms with Crippen LogP contribution in [0.4, 0.5) is 0 Å². The summed E-state index contributed by atoms with van der Waals surface area (Å²) in [6, 6.07) is 3.13. The van der Waals surface area contributed by atoms with Gasteiger partial charge in [-0.1, -0.05) is 12.1 Å². The summed E-state index contributed by atoms with van der Waals surface area (Å²) in [5, 5.41) is 0. The summed E-state index contributed by atoms with van der Waals surface area (Å²) < 4.78 is 0. The van der Waals surface area contributed by atoms with Crippen LogP contribution in [0.25, 0.3) is 0 Å². The van der Waals surface area contributed by atoms with Crippen LogP contribution in [-0.4, -0.2) is 5.91 Å². The lowest BCUT2D eigenvalue weighted by Gasteiger charge is -2.14. The van der Waals surface area contributed by atoms with Crippen LogP contribution in [0.2, 0.25) is 0 Å². The summed E-state index contributed by atoms with van der Waals surface area (Å²) in [5.41, 5.74) is 15.1. The van der Waals surface area contributed by atoms with E-state index in [4.69, 9.17) is 11.5 Å². The second-order valence-corrected chi connectivity index (χ2v) is 3.60. The first-order valence-corrected chi connectivity index (χ1v) is 4.56. The number of hydrogen-bond acceptors (Lipinski definition) is 2. The first-order valence-electron chi connectivity index (χ1n) is 4.56. The molecule has 0 radical (unpaired) electrons. The molecule has 3 nitrogen and oxygen atoms in total. The minimum Gasteiger partial charge on any atom is -0.368 e. The number of rotatable bonds is 2. The zero-order valence-corrected chi connectivity index (χ0v) is 8.79. The molecule has 4 N–H and O–H groups in total. The van der Waals surface area contributed by atoms with Gasteiger partial charge in [0, 0.05) is 0 Å². The van der Waals surface area contributed by atoms with Crippen LogP contribution in [0, 0.1) is 20.8 Å². The van der Waals surface area contributed by atoms with E-state index in [0.717, 1.165) is 11.1 Å². The third-order valence-electron chi connectivity index (χ3n) is 2.74. The highest BCUT2D eigenvalue weighted by molar-refractivity contribution is 5.81. The average molecular weight is 192 g/mol. The van der Waals surface area contributed by atoms with E-state index in [-0.39, 0.29) is 0 Å². The predicted molar refractivity (Wildman–Crippen MR) is 56.8 cm³/mol. The highest BCUT2D eigenvalue weighted by Crippen LogP contribution is 2.21. The van der Waals surface area contributed by atoms with Gasteiger partial charge in [-0.3, -0.25) is 4.79 Å². The van der Waals surface area contributed by atoms with Gasteiger partial charge in [-0.25, -0.2) is 0 Å². The number of benzene rings is 1. The van der Waals surface area contributed by atoms with Gasteiger partial charge in [0.15, 0.2) is 0 Å². The quantitative estimate of drug-likeness (QED) is 0.736. The number of nitrogens with two attached hydrogens (primary N) is 2. The molecule has 0 aliphatic carbocycles. The summed E-state index contributed by atoms with van der Waals surface area (Å²) in [4.78, 5) is 10.9. The molecule has 3 heteroatoms. The Morgan fingerprint density at radius 2 is 1.79 bits per heavy atom. The fourth-order valence-electron chi connectivity index (χ4n) is 1.47. The maximum Gasteiger partial charge on any atom is 0.238 e. The SMILES string of the molecule is Cc1ccc(C(N)C(N)=O)c(C)c1C. The van der Waals surface area contributed by atoms with E-state index >= 15 is 0 Å². The highest BCUT2D eigenvalue weighted by Gasteiger charge is 2.15. The van der Waals surface area contributed by atoms with Crippen molar-refractivity contribution in [1.82, 2.24) is 0 Å². The molecule has 1 atom stereocenters. The van der Waals surface area contributed by atoms with Crippen molar-refractivity contribution in [2.45, 2.75) is 26.8 Å². The Morgan fingerprint density at radius 3 is 2.29 bits per heavy atom. The van der Waals surface area contributed by atoms with Crippen LogP contribution in [0.5, 0.6) is 0 Å². The van der Waals surface area contributed by atoms with E-state index in [2.05, 4.69) is 0 Å². The van der Waals surface area contributed by atoms with Crippen LogP contribution in [0.15, 0.2) is 12.1 Å². The van der Waals surface area contributed by atoms with Crippen molar-refractivity contribution >= 4 is 5.91 Å². The Balaban J connectivity index is 3.24. The van der Waals surface area contributed by atoms with Gasteiger partial charge in [0.2, 0.25) is 5.91 Å². The molecule has 1 unspecified atom stereocenters. The van der Waals surface area contributed by atoms with Gasteiger partial charge in [0.05, 0.1) is 0 Å². The summed E-state index contributed by atoms with van der Waals surface area (Å²) in [7, 11) is 0. The summed E-state index contributed by atoms with van der Waals surface area (Å²) >= 11 is 0. The molecule has 0 heterocycles. The Kier molecular flexibility index (Phi) is 2.91. The molecule has 76 valence electrons. The number of carbonyl (C=O) groups is 1. The maximum atomic E-state index is 10.9. The Hall–Kier alpha value is -1.35. The molecule has 0 fully saturated rings. The maximum absolute atomic E-state index is 10.9. The van der Waals surface area contributed by atoms with E-state index < -0.39 is 11.9 Å². The molecule has 0 aliphatic heterocycles. The van der Waals surface area contributed by atoms with Gasteiger partial charge in [-0.05, 0) is 43.0 Å². The van der Waals surface area contributed by atoms with Gasteiger partial charge in [0.1, 0.15) is 6.04 Å². The minimum atomic E-state index is -0.700. The van der Waals surface area contributed by atoms with Gasteiger partial charge < -0.3 is 11.5 Å². The Morgan fingerprint density at radius 1 is 1.21 bits per heavy atom. The van der Waals surface area contributed by atoms with Gasteiger partial charge in [-0.15, -0.1) is 0 Å². The van der Waals surface area contributed by atoms with Crippen molar-refractivity contribution in [3.05, 3.63) is 34.4 Å². The molecule has 0 bridgehead atoms. The molecule has 0 spiro atoms. The number of amides is 1. The second kappa shape index (κ2) is 3.80. The highest BCUT2D eigenvalue weighted by atomic mass is 16.1. The fraction of sp³-hybridized carbons (Fsp3) is 0.364. The van der Waals surface area contributed by atoms with Crippen LogP contribution in [0.1, 0.15) is 28.3 Å². The van der Waals surface area contributed by atoms with Gasteiger partial charge in [0.25, 0.3) is 0 Å². The van der Waals surface area contributed by atoms with Crippen LogP contribution < -0.4 is 11.5 Å². The van der Waals surface area contributed by atoms with E-state index in [0.29, 0.717) is 0 Å². The third-order valence-corrected chi connectivity index (χ3v) is 2.74. The van der Waals surface area contributed by atoms with E-state index in [1.165, 1.54) is 11.1 Å². The van der Waals surface area contributed by atoms with Crippen molar-refractivity contribution < 1.29 is 4.79 Å². The Labute approximate surface area is 84.1 Å². The predicted octanol–water partition coefficient (Wildman–Crippen LogP) is 1.10. The van der Waals surface area contributed by atoms with Gasteiger partial charge >= 0.3 is 0 Å². The summed E-state index contributed by atoms with van der Waals surface area (Å²) in [6.45, 7) is 6.00. The average Bonchev–Trinajstić information content (AvgIpc) is 2.13. The lowest BCUT2D eigenvalue weighted by Crippen LogP contribution is -2.29. The van der Waals surface area contributed by atoms with Crippen molar-refractivity contribution in [2.24, 2.45) is 11.5 Å².